The van der Waals surface area contributed by atoms with Gasteiger partial charge in [0.15, 0.2) is 5.75 Å². The Morgan fingerprint density at radius 2 is 2.33 bits per heavy atom. The van der Waals surface area contributed by atoms with Crippen molar-refractivity contribution >= 4 is 0 Å². The summed E-state index contributed by atoms with van der Waals surface area (Å²) in [5.41, 5.74) is 0. The number of aryl methyl sites for hydroxylation is 1. The maximum absolute atomic E-state index is 12.7. The van der Waals surface area contributed by atoms with E-state index in [1.807, 2.05) is 6.92 Å². The molecular weight excluding hydrogens is 197 g/mol. The molecule has 2 aromatic rings. The first-order chi connectivity index (χ1) is 7.28. The lowest BCUT2D eigenvalue weighted by Gasteiger charge is -2.01. The SMILES string of the molecule is CCn1cc(Oc2ccnc(F)c2)cn1. The number of ether oxygens (including phenoxy) is 1. The summed E-state index contributed by atoms with van der Waals surface area (Å²) >= 11 is 0. The number of hydrogen-bond acceptors (Lipinski definition) is 3. The molecule has 0 bridgehead atoms. The molecule has 0 saturated carbocycles. The average molecular weight is 207 g/mol. The van der Waals surface area contributed by atoms with Gasteiger partial charge in [0.05, 0.1) is 12.4 Å². The monoisotopic (exact) mass is 207 g/mol. The van der Waals surface area contributed by atoms with Gasteiger partial charge in [0, 0.05) is 18.8 Å². The normalized spacial score (nSPS) is 10.3. The second kappa shape index (κ2) is 4.08. The van der Waals surface area contributed by atoms with Crippen LogP contribution < -0.4 is 4.74 Å². The topological polar surface area (TPSA) is 39.9 Å². The van der Waals surface area contributed by atoms with Gasteiger partial charge in [-0.3, -0.25) is 4.68 Å². The van der Waals surface area contributed by atoms with E-state index in [1.54, 1.807) is 23.1 Å². The summed E-state index contributed by atoms with van der Waals surface area (Å²) in [5.74, 6) is 0.441. The van der Waals surface area contributed by atoms with Crippen LogP contribution in [0.4, 0.5) is 4.39 Å². The van der Waals surface area contributed by atoms with Crippen molar-refractivity contribution in [1.82, 2.24) is 14.8 Å². The van der Waals surface area contributed by atoms with Crippen LogP contribution in [0.2, 0.25) is 0 Å². The molecule has 0 unspecified atom stereocenters. The Hall–Kier alpha value is -1.91. The Bertz CT molecular complexity index is 455. The van der Waals surface area contributed by atoms with Crippen LogP contribution in [0.25, 0.3) is 0 Å². The third-order valence-electron chi connectivity index (χ3n) is 1.87. The van der Waals surface area contributed by atoms with Crippen molar-refractivity contribution in [2.75, 3.05) is 0 Å². The smallest absolute Gasteiger partial charge is 0.216 e. The third kappa shape index (κ3) is 2.31. The van der Waals surface area contributed by atoms with E-state index in [0.717, 1.165) is 6.54 Å². The summed E-state index contributed by atoms with van der Waals surface area (Å²) < 4.78 is 19.8. The van der Waals surface area contributed by atoms with Gasteiger partial charge in [-0.15, -0.1) is 0 Å². The fourth-order valence-electron chi connectivity index (χ4n) is 1.15. The molecule has 4 nitrogen and oxygen atoms in total. The molecule has 0 aliphatic heterocycles. The van der Waals surface area contributed by atoms with Crippen LogP contribution >= 0.6 is 0 Å². The van der Waals surface area contributed by atoms with E-state index in [-0.39, 0.29) is 0 Å². The van der Waals surface area contributed by atoms with Gasteiger partial charge < -0.3 is 4.74 Å². The Kier molecular flexibility index (Phi) is 2.62. The molecular formula is C10H10FN3O. The largest absolute Gasteiger partial charge is 0.454 e. The van der Waals surface area contributed by atoms with Gasteiger partial charge in [0.2, 0.25) is 5.95 Å². The van der Waals surface area contributed by atoms with Gasteiger partial charge in [-0.2, -0.15) is 9.49 Å². The zero-order valence-electron chi connectivity index (χ0n) is 8.22. The lowest BCUT2D eigenvalue weighted by Crippen LogP contribution is -1.92. The standard InChI is InChI=1S/C10H10FN3O/c1-2-14-7-9(6-13-14)15-8-3-4-12-10(11)5-8/h3-7H,2H2,1H3. The Labute approximate surface area is 86.3 Å². The zero-order valence-corrected chi connectivity index (χ0v) is 8.22. The van der Waals surface area contributed by atoms with Crippen LogP contribution in [0.3, 0.4) is 0 Å². The van der Waals surface area contributed by atoms with Gasteiger partial charge >= 0.3 is 0 Å². The van der Waals surface area contributed by atoms with Crippen LogP contribution in [-0.2, 0) is 6.54 Å². The van der Waals surface area contributed by atoms with Crippen molar-refractivity contribution in [3.8, 4) is 11.5 Å². The number of pyridine rings is 1. The molecule has 15 heavy (non-hydrogen) atoms. The van der Waals surface area contributed by atoms with E-state index in [9.17, 15) is 4.39 Å². The minimum absolute atomic E-state index is 0.415. The quantitative estimate of drug-likeness (QED) is 0.724. The predicted octanol–water partition coefficient (Wildman–Crippen LogP) is 2.23. The highest BCUT2D eigenvalue weighted by atomic mass is 19.1. The molecule has 0 radical (unpaired) electrons. The van der Waals surface area contributed by atoms with Crippen molar-refractivity contribution in [2.24, 2.45) is 0 Å². The van der Waals surface area contributed by atoms with Crippen molar-refractivity contribution in [3.63, 3.8) is 0 Å². The molecule has 0 spiro atoms. The Balaban J connectivity index is 2.14. The van der Waals surface area contributed by atoms with E-state index in [4.69, 9.17) is 4.74 Å². The van der Waals surface area contributed by atoms with Crippen LogP contribution in [0.5, 0.6) is 11.5 Å². The van der Waals surface area contributed by atoms with E-state index in [0.29, 0.717) is 11.5 Å². The van der Waals surface area contributed by atoms with E-state index >= 15 is 0 Å². The van der Waals surface area contributed by atoms with Crippen molar-refractivity contribution in [1.29, 1.82) is 0 Å². The van der Waals surface area contributed by atoms with Gasteiger partial charge in [0.25, 0.3) is 0 Å². The van der Waals surface area contributed by atoms with Gasteiger partial charge in [-0.1, -0.05) is 0 Å². The number of hydrogen-bond donors (Lipinski definition) is 0. The molecule has 0 atom stereocenters. The molecule has 2 rings (SSSR count). The van der Waals surface area contributed by atoms with Crippen LogP contribution in [0.1, 0.15) is 6.92 Å². The molecule has 0 fully saturated rings. The number of aromatic nitrogens is 3. The van der Waals surface area contributed by atoms with Gasteiger partial charge in [-0.05, 0) is 13.0 Å². The van der Waals surface area contributed by atoms with Gasteiger partial charge in [-0.25, -0.2) is 4.98 Å². The molecule has 78 valence electrons. The van der Waals surface area contributed by atoms with Crippen molar-refractivity contribution < 1.29 is 9.13 Å². The van der Waals surface area contributed by atoms with Crippen molar-refractivity contribution in [2.45, 2.75) is 13.5 Å². The van der Waals surface area contributed by atoms with Crippen LogP contribution in [-0.4, -0.2) is 14.8 Å². The zero-order chi connectivity index (χ0) is 10.7. The molecule has 0 saturated heterocycles. The summed E-state index contributed by atoms with van der Waals surface area (Å²) in [4.78, 5) is 3.44. The first-order valence-corrected chi connectivity index (χ1v) is 4.60. The average Bonchev–Trinajstić information content (AvgIpc) is 2.65. The fraction of sp³-hybridized carbons (Fsp3) is 0.200. The predicted molar refractivity (Wildman–Crippen MR) is 52.2 cm³/mol. The molecule has 2 heterocycles. The van der Waals surface area contributed by atoms with Crippen LogP contribution in [0.15, 0.2) is 30.7 Å². The van der Waals surface area contributed by atoms with Crippen LogP contribution in [0, 0.1) is 5.95 Å². The molecule has 5 heteroatoms. The summed E-state index contributed by atoms with van der Waals surface area (Å²) in [6.07, 6.45) is 4.69. The highest BCUT2D eigenvalue weighted by molar-refractivity contribution is 5.25. The highest BCUT2D eigenvalue weighted by Crippen LogP contribution is 2.19. The Morgan fingerprint density at radius 1 is 1.47 bits per heavy atom. The maximum atomic E-state index is 12.7. The second-order valence-electron chi connectivity index (χ2n) is 2.95. The van der Waals surface area contributed by atoms with Gasteiger partial charge in [0.1, 0.15) is 5.75 Å². The lowest BCUT2D eigenvalue weighted by molar-refractivity contribution is 0.471. The Morgan fingerprint density at radius 3 is 3.00 bits per heavy atom. The number of halogens is 1. The molecule has 0 aromatic carbocycles. The second-order valence-corrected chi connectivity index (χ2v) is 2.95. The highest BCUT2D eigenvalue weighted by Gasteiger charge is 2.01. The molecule has 0 amide bonds. The summed E-state index contributed by atoms with van der Waals surface area (Å²) in [7, 11) is 0. The van der Waals surface area contributed by atoms with E-state index < -0.39 is 5.95 Å². The summed E-state index contributed by atoms with van der Waals surface area (Å²) in [6.45, 7) is 2.75. The number of nitrogens with zero attached hydrogens (tertiary/aromatic N) is 3. The summed E-state index contributed by atoms with van der Waals surface area (Å²) in [6, 6.07) is 2.82. The third-order valence-corrected chi connectivity index (χ3v) is 1.87. The maximum Gasteiger partial charge on any atom is 0.216 e. The first kappa shape index (κ1) is 9.64. The minimum Gasteiger partial charge on any atom is -0.454 e. The van der Waals surface area contributed by atoms with E-state index in [1.165, 1.54) is 12.3 Å². The minimum atomic E-state index is -0.560. The fourth-order valence-corrected chi connectivity index (χ4v) is 1.15. The van der Waals surface area contributed by atoms with E-state index in [2.05, 4.69) is 10.1 Å². The molecule has 0 aliphatic rings. The first-order valence-electron chi connectivity index (χ1n) is 4.60. The molecule has 0 aliphatic carbocycles. The molecule has 0 N–H and O–H groups in total. The van der Waals surface area contributed by atoms with Crippen molar-refractivity contribution in [3.05, 3.63) is 36.7 Å². The number of rotatable bonds is 3. The molecule has 2 aromatic heterocycles. The lowest BCUT2D eigenvalue weighted by atomic mass is 10.4. The summed E-state index contributed by atoms with van der Waals surface area (Å²) in [5, 5.41) is 4.04.